The molecule has 24 heavy (non-hydrogen) atoms. The number of nitrogens with one attached hydrogen (secondary N) is 2. The first-order valence-electron chi connectivity index (χ1n) is 7.13. The lowest BCUT2D eigenvalue weighted by molar-refractivity contribution is -0.148. The summed E-state index contributed by atoms with van der Waals surface area (Å²) in [5.41, 5.74) is 0.0846. The number of carbonyl (C=O) groups excluding carboxylic acids is 2. The highest BCUT2D eigenvalue weighted by molar-refractivity contribution is 5.97. The molecule has 1 unspecified atom stereocenters. The third-order valence-electron chi connectivity index (χ3n) is 3.32. The van der Waals surface area contributed by atoms with Gasteiger partial charge in [0.25, 0.3) is 5.91 Å². The van der Waals surface area contributed by atoms with E-state index in [0.29, 0.717) is 13.0 Å². The van der Waals surface area contributed by atoms with Crippen LogP contribution >= 0.6 is 0 Å². The Balaban J connectivity index is 1.91. The number of alkyl halides is 4. The molecule has 0 bridgehead atoms. The summed E-state index contributed by atoms with van der Waals surface area (Å²) < 4.78 is 54.0. The van der Waals surface area contributed by atoms with Gasteiger partial charge in [-0.15, -0.1) is 0 Å². The summed E-state index contributed by atoms with van der Waals surface area (Å²) in [6, 6.07) is 1.70. The van der Waals surface area contributed by atoms with Gasteiger partial charge in [0.1, 0.15) is 6.04 Å². The van der Waals surface area contributed by atoms with E-state index in [9.17, 15) is 27.2 Å². The van der Waals surface area contributed by atoms with Gasteiger partial charge in [0, 0.05) is 18.8 Å². The maximum Gasteiger partial charge on any atom is 0.340 e. The molecule has 0 spiro atoms. The van der Waals surface area contributed by atoms with Crippen LogP contribution in [0, 0.1) is 0 Å². The van der Waals surface area contributed by atoms with E-state index in [1.807, 2.05) is 0 Å². The Kier molecular flexibility index (Phi) is 5.58. The molecule has 2 heterocycles. The number of hydrogen-bond donors (Lipinski definition) is 2. The van der Waals surface area contributed by atoms with E-state index >= 15 is 0 Å². The van der Waals surface area contributed by atoms with Crippen molar-refractivity contribution in [1.29, 1.82) is 0 Å². The number of carbonyl (C=O) groups is 2. The highest BCUT2D eigenvalue weighted by Gasteiger charge is 2.41. The van der Waals surface area contributed by atoms with Gasteiger partial charge < -0.3 is 15.4 Å². The van der Waals surface area contributed by atoms with Crippen molar-refractivity contribution in [2.45, 2.75) is 31.2 Å². The fourth-order valence-electron chi connectivity index (χ4n) is 1.98. The molecule has 2 amide bonds. The molecule has 1 aliphatic rings. The zero-order valence-electron chi connectivity index (χ0n) is 12.4. The SMILES string of the molecule is O=C(NC1CCCNC1=O)c1ccc(OCC(F)(F)C(F)F)nc1. The van der Waals surface area contributed by atoms with Crippen molar-refractivity contribution in [3.8, 4) is 5.88 Å². The predicted octanol–water partition coefficient (Wildman–Crippen LogP) is 1.37. The first-order chi connectivity index (χ1) is 11.3. The topological polar surface area (TPSA) is 80.3 Å². The summed E-state index contributed by atoms with van der Waals surface area (Å²) in [4.78, 5) is 27.2. The van der Waals surface area contributed by atoms with E-state index in [-0.39, 0.29) is 17.4 Å². The number of piperidine rings is 1. The van der Waals surface area contributed by atoms with Crippen LogP contribution in [0.25, 0.3) is 0 Å². The summed E-state index contributed by atoms with van der Waals surface area (Å²) in [7, 11) is 0. The van der Waals surface area contributed by atoms with Crippen LogP contribution in [0.15, 0.2) is 18.3 Å². The monoisotopic (exact) mass is 349 g/mol. The lowest BCUT2D eigenvalue weighted by Gasteiger charge is -2.22. The quantitative estimate of drug-likeness (QED) is 0.760. The van der Waals surface area contributed by atoms with Crippen LogP contribution in [-0.2, 0) is 4.79 Å². The van der Waals surface area contributed by atoms with Gasteiger partial charge in [-0.2, -0.15) is 8.78 Å². The lowest BCUT2D eigenvalue weighted by atomic mass is 10.1. The second-order valence-electron chi connectivity index (χ2n) is 5.19. The standard InChI is InChI=1S/C14H15F4N3O3/c15-13(16)14(17,18)7-24-10-4-3-8(6-20-10)11(22)21-9-2-1-5-19-12(9)23/h3-4,6,9,13H,1-2,5,7H2,(H,19,23)(H,21,22). The molecule has 132 valence electrons. The minimum absolute atomic E-state index is 0.0846. The number of rotatable bonds is 6. The van der Waals surface area contributed by atoms with Gasteiger partial charge in [0.05, 0.1) is 5.56 Å². The van der Waals surface area contributed by atoms with Gasteiger partial charge in [-0.3, -0.25) is 9.59 Å². The molecular formula is C14H15F4N3O3. The molecule has 2 N–H and O–H groups in total. The first-order valence-corrected chi connectivity index (χ1v) is 7.13. The van der Waals surface area contributed by atoms with Crippen LogP contribution in [0.2, 0.25) is 0 Å². The van der Waals surface area contributed by atoms with E-state index in [1.165, 1.54) is 6.07 Å². The van der Waals surface area contributed by atoms with Crippen molar-refractivity contribution in [3.05, 3.63) is 23.9 Å². The molecule has 1 aliphatic heterocycles. The van der Waals surface area contributed by atoms with E-state index in [1.54, 1.807) is 0 Å². The van der Waals surface area contributed by atoms with Gasteiger partial charge in [-0.25, -0.2) is 13.8 Å². The molecule has 1 saturated heterocycles. The van der Waals surface area contributed by atoms with Gasteiger partial charge in [0.15, 0.2) is 6.61 Å². The lowest BCUT2D eigenvalue weighted by Crippen LogP contribution is -2.50. The van der Waals surface area contributed by atoms with Crippen molar-refractivity contribution in [1.82, 2.24) is 15.6 Å². The number of pyridine rings is 1. The molecular weight excluding hydrogens is 334 g/mol. The first kappa shape index (κ1) is 18.0. The Labute approximate surface area is 134 Å². The molecule has 6 nitrogen and oxygen atoms in total. The average molecular weight is 349 g/mol. The zero-order valence-corrected chi connectivity index (χ0v) is 12.4. The van der Waals surface area contributed by atoms with Gasteiger partial charge in [-0.1, -0.05) is 0 Å². The maximum atomic E-state index is 12.7. The molecule has 1 atom stereocenters. The summed E-state index contributed by atoms with van der Waals surface area (Å²) in [6.45, 7) is -0.965. The summed E-state index contributed by atoms with van der Waals surface area (Å²) >= 11 is 0. The molecule has 1 aromatic rings. The molecule has 1 fully saturated rings. The second-order valence-corrected chi connectivity index (χ2v) is 5.19. The van der Waals surface area contributed by atoms with Crippen LogP contribution in [0.3, 0.4) is 0 Å². The minimum atomic E-state index is -4.29. The van der Waals surface area contributed by atoms with E-state index in [4.69, 9.17) is 0 Å². The molecule has 0 saturated carbocycles. The van der Waals surface area contributed by atoms with Crippen LogP contribution in [-0.4, -0.2) is 48.3 Å². The maximum absolute atomic E-state index is 12.7. The van der Waals surface area contributed by atoms with Crippen molar-refractivity contribution in [3.63, 3.8) is 0 Å². The molecule has 0 aromatic carbocycles. The molecule has 2 rings (SSSR count). The van der Waals surface area contributed by atoms with Crippen molar-refractivity contribution in [2.24, 2.45) is 0 Å². The third kappa shape index (κ3) is 4.56. The highest BCUT2D eigenvalue weighted by atomic mass is 19.3. The fraction of sp³-hybridized carbons (Fsp3) is 0.500. The van der Waals surface area contributed by atoms with E-state index in [0.717, 1.165) is 18.7 Å². The number of aromatic nitrogens is 1. The second kappa shape index (κ2) is 7.45. The normalized spacial score (nSPS) is 18.2. The fourth-order valence-corrected chi connectivity index (χ4v) is 1.98. The number of ether oxygens (including phenoxy) is 1. The minimum Gasteiger partial charge on any atom is -0.471 e. The van der Waals surface area contributed by atoms with E-state index in [2.05, 4.69) is 20.4 Å². The van der Waals surface area contributed by atoms with Crippen LogP contribution in [0.1, 0.15) is 23.2 Å². The number of hydrogen-bond acceptors (Lipinski definition) is 4. The third-order valence-corrected chi connectivity index (χ3v) is 3.32. The largest absolute Gasteiger partial charge is 0.471 e. The van der Waals surface area contributed by atoms with Crippen molar-refractivity contribution in [2.75, 3.05) is 13.2 Å². The van der Waals surface area contributed by atoms with Gasteiger partial charge >= 0.3 is 12.3 Å². The smallest absolute Gasteiger partial charge is 0.340 e. The molecule has 10 heteroatoms. The number of nitrogens with zero attached hydrogens (tertiary/aromatic N) is 1. The number of halogens is 4. The Bertz CT molecular complexity index is 595. The average Bonchev–Trinajstić information content (AvgIpc) is 2.55. The molecule has 1 aromatic heterocycles. The summed E-state index contributed by atoms with van der Waals surface area (Å²) in [5, 5.41) is 5.14. The van der Waals surface area contributed by atoms with Crippen LogP contribution in [0.5, 0.6) is 5.88 Å². The highest BCUT2D eigenvalue weighted by Crippen LogP contribution is 2.23. The van der Waals surface area contributed by atoms with Crippen molar-refractivity contribution < 1.29 is 31.9 Å². The van der Waals surface area contributed by atoms with Gasteiger partial charge in [0.2, 0.25) is 11.8 Å². The van der Waals surface area contributed by atoms with Crippen LogP contribution < -0.4 is 15.4 Å². The predicted molar refractivity (Wildman–Crippen MR) is 74.2 cm³/mol. The van der Waals surface area contributed by atoms with Gasteiger partial charge in [-0.05, 0) is 18.9 Å². The van der Waals surface area contributed by atoms with Crippen LogP contribution in [0.4, 0.5) is 17.6 Å². The number of amides is 2. The van der Waals surface area contributed by atoms with E-state index < -0.39 is 30.9 Å². The summed E-state index contributed by atoms with van der Waals surface area (Å²) in [5.74, 6) is -5.44. The Morgan fingerprint density at radius 3 is 2.79 bits per heavy atom. The Morgan fingerprint density at radius 1 is 1.46 bits per heavy atom. The molecule has 0 radical (unpaired) electrons. The summed E-state index contributed by atoms with van der Waals surface area (Å²) in [6.07, 6.45) is -1.55. The molecule has 0 aliphatic carbocycles. The Morgan fingerprint density at radius 2 is 2.21 bits per heavy atom. The zero-order chi connectivity index (χ0) is 17.7. The van der Waals surface area contributed by atoms with Crippen molar-refractivity contribution >= 4 is 11.8 Å². The Hall–Kier alpha value is -2.39.